The average Bonchev–Trinajstić information content (AvgIpc) is 2.57. The van der Waals surface area contributed by atoms with Crippen LogP contribution in [0.3, 0.4) is 0 Å². The smallest absolute Gasteiger partial charge is 0.187 e. The van der Waals surface area contributed by atoms with Gasteiger partial charge in [-0.25, -0.2) is 22.5 Å². The van der Waals surface area contributed by atoms with E-state index in [1.165, 1.54) is 6.07 Å². The number of hydrogen-bond donors (Lipinski definition) is 4. The highest BCUT2D eigenvalue weighted by Crippen LogP contribution is 2.37. The van der Waals surface area contributed by atoms with Crippen LogP contribution in [0.25, 0.3) is 22.3 Å². The van der Waals surface area contributed by atoms with Crippen LogP contribution in [0.15, 0.2) is 30.3 Å². The molecule has 0 fully saturated rings. The molecule has 0 saturated heterocycles. The van der Waals surface area contributed by atoms with E-state index in [0.29, 0.717) is 0 Å². The second-order valence-corrected chi connectivity index (χ2v) is 5.43. The van der Waals surface area contributed by atoms with E-state index in [4.69, 9.17) is 11.5 Å². The number of pyridine rings is 1. The molecule has 1 aromatic heterocycles. The quantitative estimate of drug-likeness (QED) is 0.520. The Morgan fingerprint density at radius 2 is 0.923 bits per heavy atom. The van der Waals surface area contributed by atoms with Gasteiger partial charge in [-0.05, 0) is 41.5 Å². The van der Waals surface area contributed by atoms with Gasteiger partial charge in [-0.1, -0.05) is 0 Å². The lowest BCUT2D eigenvalue weighted by molar-refractivity contribution is 0.396. The van der Waals surface area contributed by atoms with Crippen LogP contribution in [0.4, 0.5) is 29.2 Å². The van der Waals surface area contributed by atoms with Gasteiger partial charge in [0.05, 0.1) is 0 Å². The van der Waals surface area contributed by atoms with Gasteiger partial charge in [0.25, 0.3) is 0 Å². The summed E-state index contributed by atoms with van der Waals surface area (Å²) in [7, 11) is 0. The molecular weight excluding hydrogens is 354 g/mol. The maximum Gasteiger partial charge on any atom is 0.187 e. The third-order valence-corrected chi connectivity index (χ3v) is 3.74. The zero-order valence-electron chi connectivity index (χ0n) is 12.9. The first kappa shape index (κ1) is 17.3. The molecule has 26 heavy (non-hydrogen) atoms. The summed E-state index contributed by atoms with van der Waals surface area (Å²) >= 11 is 0. The minimum absolute atomic E-state index is 0.0286. The zero-order chi connectivity index (χ0) is 19.2. The zero-order valence-corrected chi connectivity index (χ0v) is 12.9. The molecule has 0 atom stereocenters. The number of anilines is 2. The minimum atomic E-state index is -1.22. The van der Waals surface area contributed by atoms with E-state index >= 15 is 0 Å². The minimum Gasteiger partial charge on any atom is -0.503 e. The van der Waals surface area contributed by atoms with E-state index in [0.717, 1.165) is 24.3 Å². The van der Waals surface area contributed by atoms with Crippen LogP contribution in [0.5, 0.6) is 11.5 Å². The largest absolute Gasteiger partial charge is 0.503 e. The molecular formula is C17H11F4N3O2. The lowest BCUT2D eigenvalue weighted by atomic mass is 9.99. The number of aromatic hydroxyl groups is 2. The summed E-state index contributed by atoms with van der Waals surface area (Å²) in [6, 6.07) is 4.54. The SMILES string of the molecule is Nc1nc(N)c(-c2cc(F)c(O)c(F)c2)cc1-c1cc(F)c(O)c(F)c1. The van der Waals surface area contributed by atoms with Crippen LogP contribution in [0.2, 0.25) is 0 Å². The van der Waals surface area contributed by atoms with Crippen molar-refractivity contribution in [2.45, 2.75) is 0 Å². The average molecular weight is 365 g/mol. The van der Waals surface area contributed by atoms with Crippen LogP contribution in [-0.2, 0) is 0 Å². The number of phenolic OH excluding ortho intramolecular Hbond substituents is 2. The standard InChI is InChI=1S/C17H11F4N3O2/c18-10-1-6(2-11(19)14(10)25)8-5-9(17(23)24-16(8)22)7-3-12(20)15(26)13(21)4-7/h1-5,25-26H,(H4,22,23,24). The van der Waals surface area contributed by atoms with Gasteiger partial charge < -0.3 is 21.7 Å². The second-order valence-electron chi connectivity index (χ2n) is 5.43. The Labute approximate surface area is 144 Å². The molecule has 0 spiro atoms. The monoisotopic (exact) mass is 365 g/mol. The Bertz CT molecular complexity index is 916. The van der Waals surface area contributed by atoms with Gasteiger partial charge in [-0.3, -0.25) is 0 Å². The van der Waals surface area contributed by atoms with Crippen molar-refractivity contribution in [3.05, 3.63) is 53.6 Å². The summed E-state index contributed by atoms with van der Waals surface area (Å²) in [6.45, 7) is 0. The lowest BCUT2D eigenvalue weighted by Crippen LogP contribution is -2.02. The number of hydrogen-bond acceptors (Lipinski definition) is 5. The molecule has 0 radical (unpaired) electrons. The fourth-order valence-electron chi connectivity index (χ4n) is 2.45. The summed E-state index contributed by atoms with van der Waals surface area (Å²) in [5.74, 6) is -7.57. The second kappa shape index (κ2) is 6.10. The summed E-state index contributed by atoms with van der Waals surface area (Å²) in [4.78, 5) is 3.83. The Kier molecular flexibility index (Phi) is 4.07. The van der Waals surface area contributed by atoms with Gasteiger partial charge >= 0.3 is 0 Å². The van der Waals surface area contributed by atoms with Crippen molar-refractivity contribution in [1.82, 2.24) is 4.98 Å². The van der Waals surface area contributed by atoms with Crippen molar-refractivity contribution in [1.29, 1.82) is 0 Å². The van der Waals surface area contributed by atoms with Gasteiger partial charge in [-0.15, -0.1) is 0 Å². The molecule has 0 aliphatic carbocycles. The van der Waals surface area contributed by atoms with Gasteiger partial charge in [0.2, 0.25) is 0 Å². The van der Waals surface area contributed by atoms with E-state index in [9.17, 15) is 27.8 Å². The maximum atomic E-state index is 13.6. The fraction of sp³-hybridized carbons (Fsp3) is 0. The van der Waals surface area contributed by atoms with Gasteiger partial charge in [0.15, 0.2) is 34.8 Å². The van der Waals surface area contributed by atoms with Crippen molar-refractivity contribution >= 4 is 11.6 Å². The highest BCUT2D eigenvalue weighted by atomic mass is 19.1. The predicted molar refractivity (Wildman–Crippen MR) is 87.1 cm³/mol. The van der Waals surface area contributed by atoms with E-state index < -0.39 is 34.8 Å². The molecule has 0 saturated carbocycles. The van der Waals surface area contributed by atoms with E-state index in [-0.39, 0.29) is 33.9 Å². The molecule has 134 valence electrons. The molecule has 6 N–H and O–H groups in total. The van der Waals surface area contributed by atoms with Crippen molar-refractivity contribution in [3.63, 3.8) is 0 Å². The first-order valence-corrected chi connectivity index (χ1v) is 7.11. The van der Waals surface area contributed by atoms with Crippen LogP contribution in [0, 0.1) is 23.3 Å². The molecule has 3 rings (SSSR count). The molecule has 0 bridgehead atoms. The molecule has 2 aromatic carbocycles. The normalized spacial score (nSPS) is 10.9. The molecule has 3 aromatic rings. The Hall–Kier alpha value is -3.49. The Balaban J connectivity index is 2.23. The van der Waals surface area contributed by atoms with Crippen molar-refractivity contribution < 1.29 is 27.8 Å². The highest BCUT2D eigenvalue weighted by molar-refractivity contribution is 5.85. The summed E-state index contributed by atoms with van der Waals surface area (Å²) in [5, 5.41) is 18.4. The molecule has 0 aliphatic heterocycles. The number of nitrogens with zero attached hydrogens (tertiary/aromatic N) is 1. The predicted octanol–water partition coefficient (Wildman–Crippen LogP) is 3.55. The topological polar surface area (TPSA) is 105 Å². The summed E-state index contributed by atoms with van der Waals surface area (Å²) in [6.07, 6.45) is 0. The summed E-state index contributed by atoms with van der Waals surface area (Å²) < 4.78 is 54.4. The first-order valence-electron chi connectivity index (χ1n) is 7.11. The van der Waals surface area contributed by atoms with Crippen LogP contribution >= 0.6 is 0 Å². The molecule has 5 nitrogen and oxygen atoms in total. The highest BCUT2D eigenvalue weighted by Gasteiger charge is 2.18. The number of aromatic nitrogens is 1. The third kappa shape index (κ3) is 2.83. The van der Waals surface area contributed by atoms with E-state index in [1.807, 2.05) is 0 Å². The molecule has 0 amide bonds. The molecule has 0 unspecified atom stereocenters. The first-order chi connectivity index (χ1) is 12.2. The van der Waals surface area contributed by atoms with Crippen molar-refractivity contribution in [2.75, 3.05) is 11.5 Å². The summed E-state index contributed by atoms with van der Waals surface area (Å²) in [5.41, 5.74) is 11.4. The fourth-order valence-corrected chi connectivity index (χ4v) is 2.45. The van der Waals surface area contributed by atoms with E-state index in [1.54, 1.807) is 0 Å². The van der Waals surface area contributed by atoms with Gasteiger partial charge in [0, 0.05) is 11.1 Å². The van der Waals surface area contributed by atoms with Crippen molar-refractivity contribution in [2.24, 2.45) is 0 Å². The number of rotatable bonds is 2. The van der Waals surface area contributed by atoms with E-state index in [2.05, 4.69) is 4.98 Å². The van der Waals surface area contributed by atoms with Crippen LogP contribution in [-0.4, -0.2) is 15.2 Å². The number of nitrogens with two attached hydrogens (primary N) is 2. The molecule has 0 aliphatic rings. The van der Waals surface area contributed by atoms with Gasteiger partial charge in [-0.2, -0.15) is 0 Å². The Morgan fingerprint density at radius 1 is 0.615 bits per heavy atom. The number of nitrogen functional groups attached to an aromatic ring is 2. The number of phenols is 2. The van der Waals surface area contributed by atoms with Crippen LogP contribution < -0.4 is 11.5 Å². The lowest BCUT2D eigenvalue weighted by Gasteiger charge is -2.13. The molecule has 1 heterocycles. The maximum absolute atomic E-state index is 13.6. The van der Waals surface area contributed by atoms with Crippen molar-refractivity contribution in [3.8, 4) is 33.8 Å². The third-order valence-electron chi connectivity index (χ3n) is 3.74. The number of benzene rings is 2. The van der Waals surface area contributed by atoms with Crippen LogP contribution in [0.1, 0.15) is 0 Å². The molecule has 9 heteroatoms. The number of halogens is 4. The van der Waals surface area contributed by atoms with Gasteiger partial charge in [0.1, 0.15) is 11.6 Å². The Morgan fingerprint density at radius 3 is 1.23 bits per heavy atom.